The average Bonchev–Trinajstić information content (AvgIpc) is 2.74. The van der Waals surface area contributed by atoms with Crippen LogP contribution in [-0.4, -0.2) is 31.4 Å². The Kier molecular flexibility index (Phi) is 20.4. The molecule has 6 nitrogen and oxygen atoms in total. The van der Waals surface area contributed by atoms with Crippen LogP contribution in [0.4, 0.5) is 5.69 Å². The number of ether oxygens (including phenoxy) is 1. The van der Waals surface area contributed by atoms with E-state index in [1.54, 1.807) is 24.3 Å². The van der Waals surface area contributed by atoms with Gasteiger partial charge in [0.1, 0.15) is 0 Å². The molecule has 0 aliphatic heterocycles. The summed E-state index contributed by atoms with van der Waals surface area (Å²) >= 11 is 0. The number of esters is 1. The fraction of sp³-hybridized carbons (Fsp3) is 0.708. The first-order chi connectivity index (χ1) is 14.9. The SMILES string of the molecule is CCCCCCCCCCCCCCCCNc1ccc(C(=O)OCS(=O)(=O)O)cc1.[H-].[K+]. The zero-order valence-electron chi connectivity index (χ0n) is 21.1. The van der Waals surface area contributed by atoms with Crippen LogP contribution in [0.15, 0.2) is 24.3 Å². The van der Waals surface area contributed by atoms with E-state index in [0.29, 0.717) is 0 Å². The molecule has 0 radical (unpaired) electrons. The zero-order chi connectivity index (χ0) is 22.8. The maximum atomic E-state index is 11.7. The number of hydrogen-bond donors (Lipinski definition) is 2. The summed E-state index contributed by atoms with van der Waals surface area (Å²) in [6.07, 6.45) is 18.8. The molecule has 0 spiro atoms. The molecule has 0 atom stereocenters. The van der Waals surface area contributed by atoms with Crippen LogP contribution in [-0.2, 0) is 14.9 Å². The van der Waals surface area contributed by atoms with Gasteiger partial charge in [0, 0.05) is 12.2 Å². The first kappa shape index (κ1) is 32.0. The minimum atomic E-state index is -4.32. The number of rotatable bonds is 19. The summed E-state index contributed by atoms with van der Waals surface area (Å²) in [4.78, 5) is 11.7. The van der Waals surface area contributed by atoms with Crippen LogP contribution < -0.4 is 56.7 Å². The van der Waals surface area contributed by atoms with Crippen LogP contribution in [0.1, 0.15) is 109 Å². The van der Waals surface area contributed by atoms with Crippen LogP contribution in [0, 0.1) is 0 Å². The molecule has 0 aliphatic rings. The summed E-state index contributed by atoms with van der Waals surface area (Å²) in [5.74, 6) is -1.82. The van der Waals surface area contributed by atoms with Gasteiger partial charge in [0.25, 0.3) is 0 Å². The molecule has 8 heteroatoms. The maximum absolute atomic E-state index is 11.7. The van der Waals surface area contributed by atoms with Gasteiger partial charge in [-0.25, -0.2) is 4.79 Å². The maximum Gasteiger partial charge on any atom is 1.00 e. The predicted octanol–water partition coefficient (Wildman–Crippen LogP) is 3.70. The van der Waals surface area contributed by atoms with Gasteiger partial charge in [-0.3, -0.25) is 4.55 Å². The van der Waals surface area contributed by atoms with E-state index in [1.807, 2.05) is 0 Å². The average molecular weight is 496 g/mol. The van der Waals surface area contributed by atoms with E-state index in [4.69, 9.17) is 4.55 Å². The number of nitrogens with one attached hydrogen (secondary N) is 1. The Hall–Kier alpha value is 0.0364. The monoisotopic (exact) mass is 495 g/mol. The Morgan fingerprint density at radius 3 is 1.72 bits per heavy atom. The Bertz CT molecular complexity index is 701. The van der Waals surface area contributed by atoms with Crippen molar-refractivity contribution in [3.8, 4) is 0 Å². The second-order valence-electron chi connectivity index (χ2n) is 8.23. The molecular weight excluding hydrogens is 453 g/mol. The Labute approximate surface area is 239 Å². The third-order valence-electron chi connectivity index (χ3n) is 5.32. The molecule has 1 aromatic rings. The molecule has 0 saturated heterocycles. The number of benzene rings is 1. The molecular formula is C24H42KNO5S. The van der Waals surface area contributed by atoms with Gasteiger partial charge in [-0.1, -0.05) is 90.4 Å². The van der Waals surface area contributed by atoms with Gasteiger partial charge in [0.2, 0.25) is 5.94 Å². The molecule has 0 amide bonds. The fourth-order valence-electron chi connectivity index (χ4n) is 3.49. The topological polar surface area (TPSA) is 92.7 Å². The van der Waals surface area contributed by atoms with Gasteiger partial charge < -0.3 is 11.5 Å². The van der Waals surface area contributed by atoms with Gasteiger partial charge in [-0.05, 0) is 30.7 Å². The normalized spacial score (nSPS) is 11.1. The first-order valence-electron chi connectivity index (χ1n) is 11.9. The van der Waals surface area contributed by atoms with E-state index in [1.165, 1.54) is 83.5 Å². The second-order valence-corrected chi connectivity index (χ2v) is 9.63. The summed E-state index contributed by atoms with van der Waals surface area (Å²) < 4.78 is 34.4. The molecule has 2 N–H and O–H groups in total. The van der Waals surface area contributed by atoms with Crippen molar-refractivity contribution in [2.75, 3.05) is 17.8 Å². The van der Waals surface area contributed by atoms with E-state index >= 15 is 0 Å². The predicted molar refractivity (Wildman–Crippen MR) is 128 cm³/mol. The number of hydrogen-bond acceptors (Lipinski definition) is 5. The van der Waals surface area contributed by atoms with Crippen LogP contribution in [0.25, 0.3) is 0 Å². The first-order valence-corrected chi connectivity index (χ1v) is 13.5. The molecule has 0 unspecified atom stereocenters. The molecule has 0 heterocycles. The minimum Gasteiger partial charge on any atom is -1.00 e. The van der Waals surface area contributed by atoms with Crippen molar-refractivity contribution in [1.82, 2.24) is 0 Å². The Morgan fingerprint density at radius 1 is 0.844 bits per heavy atom. The Morgan fingerprint density at radius 2 is 1.28 bits per heavy atom. The quantitative estimate of drug-likeness (QED) is 0.132. The number of carbonyl (C=O) groups excluding carboxylic acids is 1. The minimum absolute atomic E-state index is 0. The summed E-state index contributed by atoms with van der Waals surface area (Å²) in [5.41, 5.74) is 1.15. The van der Waals surface area contributed by atoms with Crippen molar-refractivity contribution in [3.63, 3.8) is 0 Å². The second kappa shape index (κ2) is 20.4. The molecule has 180 valence electrons. The van der Waals surface area contributed by atoms with Crippen molar-refractivity contribution in [2.45, 2.75) is 96.8 Å². The molecule has 0 aromatic heterocycles. The van der Waals surface area contributed by atoms with E-state index < -0.39 is 22.0 Å². The molecule has 0 bridgehead atoms. The standard InChI is InChI=1S/C24H41NO5S.K.H/c1-2-3-4-5-6-7-8-9-10-11-12-13-14-15-20-25-23-18-16-22(17-19-23)24(26)30-21-31(27,28)29;;/h16-19,25H,2-15,20-21H2,1H3,(H,27,28,29);;/q;+1;-1. The van der Waals surface area contributed by atoms with E-state index in [9.17, 15) is 13.2 Å². The van der Waals surface area contributed by atoms with Crippen molar-refractivity contribution in [1.29, 1.82) is 0 Å². The summed E-state index contributed by atoms with van der Waals surface area (Å²) in [5, 5.41) is 3.32. The zero-order valence-corrected chi connectivity index (χ0v) is 24.1. The van der Waals surface area contributed by atoms with E-state index in [0.717, 1.165) is 18.7 Å². The van der Waals surface area contributed by atoms with Crippen LogP contribution in [0.2, 0.25) is 0 Å². The van der Waals surface area contributed by atoms with Gasteiger partial charge in [-0.2, -0.15) is 8.42 Å². The molecule has 1 aromatic carbocycles. The summed E-state index contributed by atoms with van der Waals surface area (Å²) in [6.45, 7) is 3.14. The smallest absolute Gasteiger partial charge is 1.00 e. The van der Waals surface area contributed by atoms with Crippen molar-refractivity contribution in [3.05, 3.63) is 29.8 Å². The van der Waals surface area contributed by atoms with Gasteiger partial charge in [0.05, 0.1) is 5.56 Å². The third-order valence-corrected chi connectivity index (χ3v) is 5.73. The van der Waals surface area contributed by atoms with E-state index in [-0.39, 0.29) is 58.4 Å². The van der Waals surface area contributed by atoms with Crippen molar-refractivity contribution >= 4 is 21.8 Å². The molecule has 1 rings (SSSR count). The number of carbonyl (C=O) groups is 1. The molecule has 0 aliphatic carbocycles. The van der Waals surface area contributed by atoms with Crippen LogP contribution in [0.5, 0.6) is 0 Å². The number of anilines is 1. The van der Waals surface area contributed by atoms with Gasteiger partial charge in [0.15, 0.2) is 0 Å². The third kappa shape index (κ3) is 18.5. The number of unbranched alkanes of at least 4 members (excludes halogenated alkanes) is 13. The molecule has 0 fully saturated rings. The fourth-order valence-corrected chi connectivity index (χ4v) is 3.74. The molecule has 32 heavy (non-hydrogen) atoms. The van der Waals surface area contributed by atoms with Gasteiger partial charge in [-0.15, -0.1) is 0 Å². The van der Waals surface area contributed by atoms with Crippen LogP contribution >= 0.6 is 0 Å². The van der Waals surface area contributed by atoms with Crippen LogP contribution in [0.3, 0.4) is 0 Å². The largest absolute Gasteiger partial charge is 1.00 e. The summed E-state index contributed by atoms with van der Waals surface area (Å²) in [6, 6.07) is 6.65. The van der Waals surface area contributed by atoms with Gasteiger partial charge >= 0.3 is 67.5 Å². The Balaban J connectivity index is 0. The van der Waals surface area contributed by atoms with Crippen molar-refractivity contribution < 1.29 is 75.3 Å². The molecule has 0 saturated carbocycles. The summed E-state index contributed by atoms with van der Waals surface area (Å²) in [7, 11) is -4.32. The van der Waals surface area contributed by atoms with E-state index in [2.05, 4.69) is 17.0 Å². The van der Waals surface area contributed by atoms with Crippen molar-refractivity contribution in [2.24, 2.45) is 0 Å².